The molecule has 0 heterocycles. The lowest BCUT2D eigenvalue weighted by molar-refractivity contribution is -0.137. The van der Waals surface area contributed by atoms with Gasteiger partial charge < -0.3 is 16.4 Å². The van der Waals surface area contributed by atoms with Crippen LogP contribution in [0.25, 0.3) is 0 Å². The molecule has 0 spiro atoms. The third-order valence-corrected chi connectivity index (χ3v) is 2.70. The van der Waals surface area contributed by atoms with Crippen LogP contribution in [-0.2, 0) is 11.0 Å². The highest BCUT2D eigenvalue weighted by atomic mass is 19.4. The molecule has 0 saturated heterocycles. The van der Waals surface area contributed by atoms with Crippen LogP contribution in [0.3, 0.4) is 0 Å². The predicted octanol–water partition coefficient (Wildman–Crippen LogP) is 2.34. The molecule has 21 heavy (non-hydrogen) atoms. The number of hydrogen-bond donors (Lipinski definition) is 3. The topological polar surface area (TPSA) is 84.2 Å². The molecule has 1 aromatic carbocycles. The van der Waals surface area contributed by atoms with Crippen molar-refractivity contribution >= 4 is 17.6 Å². The van der Waals surface area contributed by atoms with Gasteiger partial charge in [0.25, 0.3) is 0 Å². The normalized spacial score (nSPS) is 12.9. The Morgan fingerprint density at radius 1 is 1.24 bits per heavy atom. The molecule has 3 amide bonds. The molecule has 116 valence electrons. The van der Waals surface area contributed by atoms with E-state index in [2.05, 4.69) is 10.6 Å². The van der Waals surface area contributed by atoms with Gasteiger partial charge in [-0.25, -0.2) is 4.79 Å². The van der Waals surface area contributed by atoms with Gasteiger partial charge in [0.05, 0.1) is 5.56 Å². The van der Waals surface area contributed by atoms with Gasteiger partial charge in [-0.05, 0) is 24.1 Å². The average Bonchev–Trinajstić information content (AvgIpc) is 2.34. The Hall–Kier alpha value is -2.25. The minimum atomic E-state index is -4.50. The molecule has 4 N–H and O–H groups in total. The monoisotopic (exact) mass is 303 g/mol. The van der Waals surface area contributed by atoms with Crippen molar-refractivity contribution in [3.05, 3.63) is 29.8 Å². The van der Waals surface area contributed by atoms with Crippen LogP contribution < -0.4 is 16.4 Å². The van der Waals surface area contributed by atoms with Gasteiger partial charge in [-0.1, -0.05) is 19.9 Å². The van der Waals surface area contributed by atoms with Gasteiger partial charge in [0, 0.05) is 5.69 Å². The second kappa shape index (κ2) is 6.47. The highest BCUT2D eigenvalue weighted by Crippen LogP contribution is 2.30. The molecule has 1 rings (SSSR count). The lowest BCUT2D eigenvalue weighted by Gasteiger charge is -2.20. The van der Waals surface area contributed by atoms with Crippen molar-refractivity contribution in [1.29, 1.82) is 0 Å². The number of alkyl halides is 3. The molecule has 0 saturated carbocycles. The first-order valence-electron chi connectivity index (χ1n) is 6.15. The molecule has 1 aromatic rings. The van der Waals surface area contributed by atoms with Crippen LogP contribution in [0.15, 0.2) is 24.3 Å². The SMILES string of the molecule is CC(C)[C@@H](NC(N)=O)C(=O)Nc1cccc(C(F)(F)F)c1. The molecule has 0 aliphatic heterocycles. The van der Waals surface area contributed by atoms with Gasteiger partial charge >= 0.3 is 12.2 Å². The molecule has 1 atom stereocenters. The minimum absolute atomic E-state index is 0.00764. The molecule has 0 aliphatic rings. The number of primary amides is 1. The number of hydrogen-bond acceptors (Lipinski definition) is 2. The van der Waals surface area contributed by atoms with E-state index in [1.54, 1.807) is 13.8 Å². The summed E-state index contributed by atoms with van der Waals surface area (Å²) < 4.78 is 37.7. The Balaban J connectivity index is 2.89. The van der Waals surface area contributed by atoms with E-state index < -0.39 is 29.7 Å². The Morgan fingerprint density at radius 3 is 2.33 bits per heavy atom. The number of nitrogens with two attached hydrogens (primary N) is 1. The van der Waals surface area contributed by atoms with E-state index in [0.29, 0.717) is 0 Å². The summed E-state index contributed by atoms with van der Waals surface area (Å²) in [5.41, 5.74) is 4.09. The van der Waals surface area contributed by atoms with Crippen molar-refractivity contribution in [1.82, 2.24) is 5.32 Å². The molecule has 8 heteroatoms. The highest BCUT2D eigenvalue weighted by molar-refractivity contribution is 5.97. The van der Waals surface area contributed by atoms with Crippen LogP contribution in [0.2, 0.25) is 0 Å². The fourth-order valence-corrected chi connectivity index (χ4v) is 1.68. The fourth-order valence-electron chi connectivity index (χ4n) is 1.68. The smallest absolute Gasteiger partial charge is 0.352 e. The summed E-state index contributed by atoms with van der Waals surface area (Å²) in [6.07, 6.45) is -4.50. The number of urea groups is 1. The Morgan fingerprint density at radius 2 is 1.86 bits per heavy atom. The summed E-state index contributed by atoms with van der Waals surface area (Å²) in [7, 11) is 0. The van der Waals surface area contributed by atoms with Gasteiger partial charge in [0.1, 0.15) is 6.04 Å². The third kappa shape index (κ3) is 4.97. The second-order valence-corrected chi connectivity index (χ2v) is 4.80. The molecular weight excluding hydrogens is 287 g/mol. The minimum Gasteiger partial charge on any atom is -0.352 e. The Bertz CT molecular complexity index is 530. The summed E-state index contributed by atoms with van der Waals surface area (Å²) in [5.74, 6) is -0.911. The molecule has 0 unspecified atom stereocenters. The molecule has 0 radical (unpaired) electrons. The van der Waals surface area contributed by atoms with E-state index in [1.807, 2.05) is 0 Å². The zero-order valence-corrected chi connectivity index (χ0v) is 11.5. The molecular formula is C13H16F3N3O2. The molecule has 0 aromatic heterocycles. The maximum absolute atomic E-state index is 12.6. The first kappa shape index (κ1) is 16.8. The largest absolute Gasteiger partial charge is 0.416 e. The van der Waals surface area contributed by atoms with Crippen molar-refractivity contribution in [2.24, 2.45) is 11.7 Å². The van der Waals surface area contributed by atoms with Gasteiger partial charge in [0.15, 0.2) is 0 Å². The Labute approximate surface area is 119 Å². The zero-order valence-electron chi connectivity index (χ0n) is 11.5. The summed E-state index contributed by atoms with van der Waals surface area (Å²) in [6, 6.07) is 2.42. The van der Waals surface area contributed by atoms with E-state index in [9.17, 15) is 22.8 Å². The van der Waals surface area contributed by atoms with Crippen LogP contribution in [0.1, 0.15) is 19.4 Å². The van der Waals surface area contributed by atoms with Gasteiger partial charge in [-0.2, -0.15) is 13.2 Å². The lowest BCUT2D eigenvalue weighted by atomic mass is 10.0. The third-order valence-electron chi connectivity index (χ3n) is 2.70. The molecule has 5 nitrogen and oxygen atoms in total. The number of amides is 3. The van der Waals surface area contributed by atoms with Gasteiger partial charge in [-0.3, -0.25) is 4.79 Å². The summed E-state index contributed by atoms with van der Waals surface area (Å²) in [4.78, 5) is 22.8. The number of nitrogens with one attached hydrogen (secondary N) is 2. The number of benzene rings is 1. The predicted molar refractivity (Wildman–Crippen MR) is 71.4 cm³/mol. The maximum atomic E-state index is 12.6. The van der Waals surface area contributed by atoms with E-state index in [-0.39, 0.29) is 11.6 Å². The fraction of sp³-hybridized carbons (Fsp3) is 0.385. The summed E-state index contributed by atoms with van der Waals surface area (Å²) >= 11 is 0. The van der Waals surface area contributed by atoms with E-state index >= 15 is 0 Å². The standard InChI is InChI=1S/C13H16F3N3O2/c1-7(2)10(19-12(17)21)11(20)18-9-5-3-4-8(6-9)13(14,15)16/h3-7,10H,1-2H3,(H,18,20)(H3,17,19,21)/t10-/m1/s1. The van der Waals surface area contributed by atoms with Gasteiger partial charge in [-0.15, -0.1) is 0 Å². The van der Waals surface area contributed by atoms with Crippen molar-refractivity contribution in [2.75, 3.05) is 5.32 Å². The van der Waals surface area contributed by atoms with Crippen LogP contribution in [-0.4, -0.2) is 18.0 Å². The van der Waals surface area contributed by atoms with Crippen molar-refractivity contribution in [3.63, 3.8) is 0 Å². The summed E-state index contributed by atoms with van der Waals surface area (Å²) in [5, 5.41) is 4.58. The Kier molecular flexibility index (Phi) is 5.17. The first-order valence-corrected chi connectivity index (χ1v) is 6.15. The number of rotatable bonds is 4. The number of carbonyl (C=O) groups is 2. The van der Waals surface area contributed by atoms with Crippen LogP contribution in [0.5, 0.6) is 0 Å². The van der Waals surface area contributed by atoms with E-state index in [1.165, 1.54) is 12.1 Å². The van der Waals surface area contributed by atoms with Crippen LogP contribution in [0, 0.1) is 5.92 Å². The molecule has 0 bridgehead atoms. The first-order chi connectivity index (χ1) is 9.61. The number of halogens is 3. The highest BCUT2D eigenvalue weighted by Gasteiger charge is 2.31. The number of anilines is 1. The summed E-state index contributed by atoms with van der Waals surface area (Å²) in [6.45, 7) is 3.35. The maximum Gasteiger partial charge on any atom is 0.416 e. The van der Waals surface area contributed by atoms with Crippen molar-refractivity contribution in [2.45, 2.75) is 26.1 Å². The van der Waals surface area contributed by atoms with Gasteiger partial charge in [0.2, 0.25) is 5.91 Å². The molecule has 0 fully saturated rings. The average molecular weight is 303 g/mol. The zero-order chi connectivity index (χ0) is 16.2. The van der Waals surface area contributed by atoms with Crippen molar-refractivity contribution < 1.29 is 22.8 Å². The van der Waals surface area contributed by atoms with Crippen LogP contribution in [0.4, 0.5) is 23.7 Å². The van der Waals surface area contributed by atoms with E-state index in [4.69, 9.17) is 5.73 Å². The second-order valence-electron chi connectivity index (χ2n) is 4.80. The lowest BCUT2D eigenvalue weighted by Crippen LogP contribution is -2.49. The molecule has 0 aliphatic carbocycles. The van der Waals surface area contributed by atoms with E-state index in [0.717, 1.165) is 12.1 Å². The quantitative estimate of drug-likeness (QED) is 0.797. The number of carbonyl (C=O) groups excluding carboxylic acids is 2. The van der Waals surface area contributed by atoms with Crippen molar-refractivity contribution in [3.8, 4) is 0 Å². The van der Waals surface area contributed by atoms with Crippen LogP contribution >= 0.6 is 0 Å².